The molecule has 2 nitrogen and oxygen atoms in total. The fourth-order valence-corrected chi connectivity index (χ4v) is 4.42. The number of hydrogen-bond acceptors (Lipinski definition) is 4. The molecule has 0 aromatic carbocycles. The molecule has 1 aliphatic rings. The van der Waals surface area contributed by atoms with Gasteiger partial charge in [0.2, 0.25) is 0 Å². The Morgan fingerprint density at radius 1 is 1.28 bits per heavy atom. The van der Waals surface area contributed by atoms with Crippen LogP contribution in [-0.2, 0) is 6.42 Å². The summed E-state index contributed by atoms with van der Waals surface area (Å²) in [5, 5.41) is 5.25. The van der Waals surface area contributed by atoms with Gasteiger partial charge in [0.1, 0.15) is 5.01 Å². The van der Waals surface area contributed by atoms with Gasteiger partial charge in [-0.1, -0.05) is 13.8 Å². The fraction of sp³-hybridized carbons (Fsp3) is 0.429. The lowest BCUT2D eigenvalue weighted by atomic mass is 9.78. The smallest absolute Gasteiger partial charge is 0.175 e. The van der Waals surface area contributed by atoms with Crippen molar-refractivity contribution in [2.24, 2.45) is 5.41 Å². The largest absolute Gasteiger partial charge is 0.293 e. The normalized spacial score (nSPS) is 17.8. The Morgan fingerprint density at radius 2 is 2.06 bits per heavy atom. The van der Waals surface area contributed by atoms with Crippen molar-refractivity contribution < 1.29 is 4.79 Å². The summed E-state index contributed by atoms with van der Waals surface area (Å²) in [4.78, 5) is 17.7. The molecule has 4 heteroatoms. The molecule has 0 amide bonds. The monoisotopic (exact) mass is 277 g/mol. The van der Waals surface area contributed by atoms with E-state index in [1.165, 1.54) is 11.1 Å². The predicted molar refractivity (Wildman–Crippen MR) is 76.6 cm³/mol. The molecular formula is C14H15NOS2. The standard InChI is InChI=1S/C14H15NOS2/c1-8-6-17-7-9(8)13-15-10-4-14(2,3)5-11(16)12(10)18-13/h6-7H,4-5H2,1-3H3. The summed E-state index contributed by atoms with van der Waals surface area (Å²) in [5.74, 6) is 0.262. The van der Waals surface area contributed by atoms with Crippen LogP contribution in [0.3, 0.4) is 0 Å². The number of carbonyl (C=O) groups is 1. The van der Waals surface area contributed by atoms with Crippen LogP contribution in [0.5, 0.6) is 0 Å². The Hall–Kier alpha value is -1.00. The Morgan fingerprint density at radius 3 is 2.72 bits per heavy atom. The van der Waals surface area contributed by atoms with E-state index in [9.17, 15) is 4.79 Å². The van der Waals surface area contributed by atoms with Crippen molar-refractivity contribution >= 4 is 28.5 Å². The highest BCUT2D eigenvalue weighted by Crippen LogP contribution is 2.40. The number of fused-ring (bicyclic) bond motifs is 1. The van der Waals surface area contributed by atoms with E-state index in [4.69, 9.17) is 4.98 Å². The lowest BCUT2D eigenvalue weighted by molar-refractivity contribution is 0.0916. The van der Waals surface area contributed by atoms with Crippen molar-refractivity contribution in [2.75, 3.05) is 0 Å². The molecule has 0 unspecified atom stereocenters. The van der Waals surface area contributed by atoms with Crippen LogP contribution in [0, 0.1) is 12.3 Å². The molecule has 2 aromatic heterocycles. The number of aryl methyl sites for hydroxylation is 1. The van der Waals surface area contributed by atoms with Crippen molar-refractivity contribution in [1.29, 1.82) is 0 Å². The third kappa shape index (κ3) is 1.93. The lowest BCUT2D eigenvalue weighted by Gasteiger charge is -2.26. The van der Waals surface area contributed by atoms with Crippen molar-refractivity contribution in [2.45, 2.75) is 33.6 Å². The van der Waals surface area contributed by atoms with Crippen LogP contribution in [-0.4, -0.2) is 10.8 Å². The van der Waals surface area contributed by atoms with Gasteiger partial charge in [-0.3, -0.25) is 4.79 Å². The molecule has 0 saturated carbocycles. The summed E-state index contributed by atoms with van der Waals surface area (Å²) in [7, 11) is 0. The second-order valence-corrected chi connectivity index (χ2v) is 7.45. The number of ketones is 1. The molecule has 0 atom stereocenters. The first-order chi connectivity index (χ1) is 8.46. The van der Waals surface area contributed by atoms with Gasteiger partial charge in [0, 0.05) is 17.4 Å². The summed E-state index contributed by atoms with van der Waals surface area (Å²) >= 11 is 3.25. The molecule has 0 N–H and O–H groups in total. The van der Waals surface area contributed by atoms with Gasteiger partial charge in [0.05, 0.1) is 10.6 Å². The number of hydrogen-bond donors (Lipinski definition) is 0. The molecule has 1 aliphatic carbocycles. The quantitative estimate of drug-likeness (QED) is 0.776. The Kier molecular flexibility index (Phi) is 2.68. The zero-order valence-electron chi connectivity index (χ0n) is 10.7. The molecule has 2 aromatic rings. The lowest BCUT2D eigenvalue weighted by Crippen LogP contribution is -2.25. The zero-order valence-corrected chi connectivity index (χ0v) is 12.4. The number of nitrogens with zero attached hydrogens (tertiary/aromatic N) is 1. The highest BCUT2D eigenvalue weighted by molar-refractivity contribution is 7.17. The zero-order chi connectivity index (χ0) is 12.9. The molecule has 0 spiro atoms. The van der Waals surface area contributed by atoms with Gasteiger partial charge >= 0.3 is 0 Å². The Balaban J connectivity index is 2.08. The van der Waals surface area contributed by atoms with E-state index in [0.29, 0.717) is 6.42 Å². The van der Waals surface area contributed by atoms with Gasteiger partial charge in [0.15, 0.2) is 5.78 Å². The number of Topliss-reactive ketones (excluding diaryl/α,β-unsaturated/α-hetero) is 1. The summed E-state index contributed by atoms with van der Waals surface area (Å²) in [6.07, 6.45) is 1.55. The van der Waals surface area contributed by atoms with Crippen LogP contribution in [0.25, 0.3) is 10.6 Å². The molecule has 0 bridgehead atoms. The highest BCUT2D eigenvalue weighted by Gasteiger charge is 2.34. The van der Waals surface area contributed by atoms with E-state index in [-0.39, 0.29) is 11.2 Å². The highest BCUT2D eigenvalue weighted by atomic mass is 32.1. The molecule has 2 heterocycles. The molecule has 0 fully saturated rings. The topological polar surface area (TPSA) is 30.0 Å². The number of carbonyl (C=O) groups excluding carboxylic acids is 1. The van der Waals surface area contributed by atoms with Gasteiger partial charge in [-0.25, -0.2) is 4.98 Å². The van der Waals surface area contributed by atoms with Crippen LogP contribution in [0.15, 0.2) is 10.8 Å². The van der Waals surface area contributed by atoms with E-state index in [2.05, 4.69) is 31.5 Å². The maximum Gasteiger partial charge on any atom is 0.175 e. The van der Waals surface area contributed by atoms with Crippen LogP contribution in [0.1, 0.15) is 41.2 Å². The van der Waals surface area contributed by atoms with Gasteiger partial charge in [-0.2, -0.15) is 11.3 Å². The number of thiazole rings is 1. The molecule has 0 saturated heterocycles. The number of thiophene rings is 1. The van der Waals surface area contributed by atoms with Crippen LogP contribution < -0.4 is 0 Å². The summed E-state index contributed by atoms with van der Waals surface area (Å²) in [5.41, 5.74) is 3.49. The van der Waals surface area contributed by atoms with E-state index >= 15 is 0 Å². The number of rotatable bonds is 1. The van der Waals surface area contributed by atoms with E-state index < -0.39 is 0 Å². The van der Waals surface area contributed by atoms with Crippen LogP contribution in [0.4, 0.5) is 0 Å². The summed E-state index contributed by atoms with van der Waals surface area (Å²) in [6.45, 7) is 6.38. The van der Waals surface area contributed by atoms with Crippen molar-refractivity contribution in [3.05, 3.63) is 26.9 Å². The van der Waals surface area contributed by atoms with Gasteiger partial charge in [0.25, 0.3) is 0 Å². The summed E-state index contributed by atoms with van der Waals surface area (Å²) in [6, 6.07) is 0. The van der Waals surface area contributed by atoms with E-state index in [1.807, 2.05) is 0 Å². The second kappa shape index (κ2) is 4.00. The van der Waals surface area contributed by atoms with Gasteiger partial charge in [-0.15, -0.1) is 11.3 Å². The fourth-order valence-electron chi connectivity index (χ4n) is 2.41. The molecule has 18 heavy (non-hydrogen) atoms. The average molecular weight is 277 g/mol. The Labute approximate surface area is 115 Å². The molecule has 94 valence electrons. The first-order valence-electron chi connectivity index (χ1n) is 6.02. The Bertz CT molecular complexity index is 622. The average Bonchev–Trinajstić information content (AvgIpc) is 2.82. The SMILES string of the molecule is Cc1cscc1-c1nc2c(s1)C(=O)CC(C)(C)C2. The second-order valence-electron chi connectivity index (χ2n) is 5.70. The minimum atomic E-state index is 0.0547. The van der Waals surface area contributed by atoms with Crippen LogP contribution in [0.2, 0.25) is 0 Å². The maximum absolute atomic E-state index is 12.1. The number of aromatic nitrogens is 1. The first kappa shape index (κ1) is 12.1. The third-order valence-corrected chi connectivity index (χ3v) is 5.36. The van der Waals surface area contributed by atoms with Crippen molar-refractivity contribution in [3.8, 4) is 10.6 Å². The van der Waals surface area contributed by atoms with Gasteiger partial charge in [-0.05, 0) is 29.7 Å². The minimum Gasteiger partial charge on any atom is -0.293 e. The van der Waals surface area contributed by atoms with Gasteiger partial charge < -0.3 is 0 Å². The molecule has 0 radical (unpaired) electrons. The molecular weight excluding hydrogens is 262 g/mol. The molecule has 3 rings (SSSR count). The first-order valence-corrected chi connectivity index (χ1v) is 7.78. The van der Waals surface area contributed by atoms with Crippen molar-refractivity contribution in [3.63, 3.8) is 0 Å². The predicted octanol–water partition coefficient (Wildman–Crippen LogP) is 4.34. The minimum absolute atomic E-state index is 0.0547. The van der Waals surface area contributed by atoms with Crippen LogP contribution >= 0.6 is 22.7 Å². The van der Waals surface area contributed by atoms with E-state index in [0.717, 1.165) is 22.0 Å². The maximum atomic E-state index is 12.1. The van der Waals surface area contributed by atoms with Crippen molar-refractivity contribution in [1.82, 2.24) is 4.98 Å². The third-order valence-electron chi connectivity index (χ3n) is 3.32. The summed E-state index contributed by atoms with van der Waals surface area (Å²) < 4.78 is 0. The molecule has 0 aliphatic heterocycles. The van der Waals surface area contributed by atoms with E-state index in [1.54, 1.807) is 22.7 Å².